The van der Waals surface area contributed by atoms with Gasteiger partial charge >= 0.3 is 0 Å². The van der Waals surface area contributed by atoms with Crippen molar-refractivity contribution in [3.63, 3.8) is 0 Å². The smallest absolute Gasteiger partial charge is 0.257 e. The van der Waals surface area contributed by atoms with Crippen molar-refractivity contribution >= 4 is 5.91 Å². The number of hydrogen-bond acceptors (Lipinski definition) is 3. The van der Waals surface area contributed by atoms with Crippen LogP contribution >= 0.6 is 0 Å². The highest BCUT2D eigenvalue weighted by Gasteiger charge is 2.03. The molecule has 0 aliphatic heterocycles. The Morgan fingerprint density at radius 2 is 1.87 bits per heavy atom. The molecule has 0 heterocycles. The number of hydrogen-bond donors (Lipinski definition) is 1. The van der Waals surface area contributed by atoms with Crippen molar-refractivity contribution in [1.82, 2.24) is 5.32 Å². The molecule has 2 aromatic carbocycles. The minimum Gasteiger partial charge on any atom is -0.497 e. The van der Waals surface area contributed by atoms with Crippen molar-refractivity contribution in [3.05, 3.63) is 59.9 Å². The molecule has 2 aromatic rings. The molecular formula is C18H20FNO3. The van der Waals surface area contributed by atoms with E-state index in [-0.39, 0.29) is 18.3 Å². The fraction of sp³-hybridized carbons (Fsp3) is 0.278. The molecule has 0 radical (unpaired) electrons. The molecule has 0 atom stereocenters. The molecule has 0 aliphatic rings. The van der Waals surface area contributed by atoms with E-state index >= 15 is 0 Å². The van der Waals surface area contributed by atoms with E-state index in [2.05, 4.69) is 5.32 Å². The van der Waals surface area contributed by atoms with Gasteiger partial charge in [0.05, 0.1) is 7.11 Å². The maximum absolute atomic E-state index is 12.8. The van der Waals surface area contributed by atoms with E-state index in [1.54, 1.807) is 37.4 Å². The molecule has 0 saturated heterocycles. The second-order valence-electron chi connectivity index (χ2n) is 5.05. The molecule has 1 amide bonds. The molecule has 1 N–H and O–H groups in total. The summed E-state index contributed by atoms with van der Waals surface area (Å²) in [6.45, 7) is 0.515. The van der Waals surface area contributed by atoms with E-state index in [1.807, 2.05) is 6.07 Å². The molecular weight excluding hydrogens is 297 g/mol. The van der Waals surface area contributed by atoms with E-state index in [9.17, 15) is 9.18 Å². The molecule has 4 nitrogen and oxygen atoms in total. The predicted octanol–water partition coefficient (Wildman–Crippen LogP) is 2.96. The molecule has 0 aromatic heterocycles. The lowest BCUT2D eigenvalue weighted by molar-refractivity contribution is -0.123. The van der Waals surface area contributed by atoms with E-state index in [1.165, 1.54) is 12.1 Å². The van der Waals surface area contributed by atoms with Crippen LogP contribution in [0.3, 0.4) is 0 Å². The fourth-order valence-electron chi connectivity index (χ4n) is 2.06. The van der Waals surface area contributed by atoms with Gasteiger partial charge in [0, 0.05) is 12.6 Å². The van der Waals surface area contributed by atoms with Crippen LogP contribution in [0.15, 0.2) is 48.5 Å². The summed E-state index contributed by atoms with van der Waals surface area (Å²) in [5, 5.41) is 2.79. The molecule has 0 saturated carbocycles. The van der Waals surface area contributed by atoms with Gasteiger partial charge in [0.1, 0.15) is 17.3 Å². The monoisotopic (exact) mass is 317 g/mol. The van der Waals surface area contributed by atoms with Gasteiger partial charge < -0.3 is 14.8 Å². The molecule has 0 unspecified atom stereocenters. The van der Waals surface area contributed by atoms with Crippen LogP contribution in [0.1, 0.15) is 12.0 Å². The minimum absolute atomic E-state index is 0.0380. The summed E-state index contributed by atoms with van der Waals surface area (Å²) >= 11 is 0. The summed E-state index contributed by atoms with van der Waals surface area (Å²) < 4.78 is 23.3. The third-order valence-electron chi connectivity index (χ3n) is 3.29. The average molecular weight is 317 g/mol. The lowest BCUT2D eigenvalue weighted by Gasteiger charge is -2.08. The molecule has 23 heavy (non-hydrogen) atoms. The van der Waals surface area contributed by atoms with E-state index in [0.717, 1.165) is 18.4 Å². The van der Waals surface area contributed by atoms with Gasteiger partial charge in [-0.2, -0.15) is 0 Å². The minimum atomic E-state index is -0.239. The Morgan fingerprint density at radius 3 is 2.61 bits per heavy atom. The number of nitrogens with one attached hydrogen (secondary N) is 1. The van der Waals surface area contributed by atoms with Crippen LogP contribution in [0.4, 0.5) is 4.39 Å². The highest BCUT2D eigenvalue weighted by atomic mass is 19.1. The molecule has 0 fully saturated rings. The number of carbonyl (C=O) groups is 1. The lowest BCUT2D eigenvalue weighted by atomic mass is 10.1. The van der Waals surface area contributed by atoms with Crippen molar-refractivity contribution in [2.45, 2.75) is 12.8 Å². The normalized spacial score (nSPS) is 10.2. The summed E-state index contributed by atoms with van der Waals surface area (Å²) in [5.74, 6) is 0.858. The number of aryl methyl sites for hydroxylation is 1. The molecule has 0 bridgehead atoms. The van der Waals surface area contributed by atoms with Crippen LogP contribution in [0.25, 0.3) is 0 Å². The molecule has 5 heteroatoms. The Bertz CT molecular complexity index is 628. The first-order valence-corrected chi connectivity index (χ1v) is 7.45. The van der Waals surface area contributed by atoms with Crippen molar-refractivity contribution < 1.29 is 18.7 Å². The van der Waals surface area contributed by atoms with Gasteiger partial charge in [-0.25, -0.2) is 4.39 Å². The van der Waals surface area contributed by atoms with Crippen LogP contribution in [0, 0.1) is 5.82 Å². The summed E-state index contributed by atoms with van der Waals surface area (Å²) in [5.41, 5.74) is 1.05. The lowest BCUT2D eigenvalue weighted by Crippen LogP contribution is -2.29. The quantitative estimate of drug-likeness (QED) is 0.762. The number of amides is 1. The number of ether oxygens (including phenoxy) is 2. The van der Waals surface area contributed by atoms with Gasteiger partial charge in [-0.3, -0.25) is 4.79 Å². The first kappa shape index (κ1) is 16.8. The Balaban J connectivity index is 1.64. The first-order chi connectivity index (χ1) is 11.2. The van der Waals surface area contributed by atoms with Gasteiger partial charge in [-0.05, 0) is 42.7 Å². The Hall–Kier alpha value is -2.56. The van der Waals surface area contributed by atoms with E-state index < -0.39 is 0 Å². The number of methoxy groups -OCH3 is 1. The Labute approximate surface area is 135 Å². The van der Waals surface area contributed by atoms with Crippen LogP contribution in [-0.4, -0.2) is 26.2 Å². The number of carbonyl (C=O) groups excluding carboxylic acids is 1. The topological polar surface area (TPSA) is 47.6 Å². The fourth-order valence-corrected chi connectivity index (χ4v) is 2.06. The van der Waals surface area contributed by atoms with Gasteiger partial charge in [-0.15, -0.1) is 0 Å². The van der Waals surface area contributed by atoms with Gasteiger partial charge in [0.2, 0.25) is 0 Å². The van der Waals surface area contributed by atoms with Crippen LogP contribution in [0.5, 0.6) is 11.5 Å². The van der Waals surface area contributed by atoms with Crippen LogP contribution in [-0.2, 0) is 11.2 Å². The number of benzene rings is 2. The molecule has 2 rings (SSSR count). The zero-order valence-corrected chi connectivity index (χ0v) is 13.0. The third kappa shape index (κ3) is 5.98. The third-order valence-corrected chi connectivity index (χ3v) is 3.29. The first-order valence-electron chi connectivity index (χ1n) is 7.45. The standard InChI is InChI=1S/C18H20FNO3/c1-22-16-5-2-6-17(12-16)23-13-18(21)20-11-3-4-14-7-9-15(19)10-8-14/h2,5-10,12H,3-4,11,13H2,1H3,(H,20,21). The molecule has 122 valence electrons. The summed E-state index contributed by atoms with van der Waals surface area (Å²) in [6.07, 6.45) is 1.58. The largest absolute Gasteiger partial charge is 0.497 e. The molecule has 0 spiro atoms. The zero-order valence-electron chi connectivity index (χ0n) is 13.0. The zero-order chi connectivity index (χ0) is 16.5. The maximum Gasteiger partial charge on any atom is 0.257 e. The SMILES string of the molecule is COc1cccc(OCC(=O)NCCCc2ccc(F)cc2)c1. The maximum atomic E-state index is 12.8. The van der Waals surface area contributed by atoms with Crippen molar-refractivity contribution in [1.29, 1.82) is 0 Å². The van der Waals surface area contributed by atoms with Crippen LogP contribution < -0.4 is 14.8 Å². The summed E-state index contributed by atoms with van der Waals surface area (Å²) in [6, 6.07) is 13.5. The van der Waals surface area contributed by atoms with Crippen molar-refractivity contribution in [3.8, 4) is 11.5 Å². The Morgan fingerprint density at radius 1 is 1.13 bits per heavy atom. The van der Waals surface area contributed by atoms with Crippen molar-refractivity contribution in [2.24, 2.45) is 0 Å². The van der Waals surface area contributed by atoms with Crippen molar-refractivity contribution in [2.75, 3.05) is 20.3 Å². The van der Waals surface area contributed by atoms with Crippen LogP contribution in [0.2, 0.25) is 0 Å². The van der Waals surface area contributed by atoms with E-state index in [4.69, 9.17) is 9.47 Å². The Kier molecular flexibility index (Phi) is 6.41. The summed E-state index contributed by atoms with van der Waals surface area (Å²) in [7, 11) is 1.58. The average Bonchev–Trinajstić information content (AvgIpc) is 2.58. The highest BCUT2D eigenvalue weighted by molar-refractivity contribution is 5.77. The predicted molar refractivity (Wildman–Crippen MR) is 86.2 cm³/mol. The number of rotatable bonds is 8. The summed E-state index contributed by atoms with van der Waals surface area (Å²) in [4.78, 5) is 11.7. The van der Waals surface area contributed by atoms with Gasteiger partial charge in [0.25, 0.3) is 5.91 Å². The second-order valence-corrected chi connectivity index (χ2v) is 5.05. The second kappa shape index (κ2) is 8.78. The molecule has 0 aliphatic carbocycles. The number of halogens is 1. The van der Waals surface area contributed by atoms with Gasteiger partial charge in [0.15, 0.2) is 6.61 Å². The van der Waals surface area contributed by atoms with E-state index in [0.29, 0.717) is 18.0 Å². The highest BCUT2D eigenvalue weighted by Crippen LogP contribution is 2.18. The van der Waals surface area contributed by atoms with Gasteiger partial charge in [-0.1, -0.05) is 18.2 Å².